The quantitative estimate of drug-likeness (QED) is 0.168. The minimum absolute atomic E-state index is 0.133. The van der Waals surface area contributed by atoms with E-state index in [1.165, 1.54) is 44.2 Å². The first-order valence-electron chi connectivity index (χ1n) is 21.3. The number of nitrogens with zero attached hydrogens (tertiary/aromatic N) is 2. The lowest BCUT2D eigenvalue weighted by atomic mass is 9.82. The van der Waals surface area contributed by atoms with E-state index in [1.54, 1.807) is 0 Å². The number of aromatic nitrogens is 2. The van der Waals surface area contributed by atoms with E-state index >= 15 is 0 Å². The minimum atomic E-state index is -0.133. The van der Waals surface area contributed by atoms with Crippen molar-refractivity contribution in [2.75, 3.05) is 0 Å². The van der Waals surface area contributed by atoms with Gasteiger partial charge in [-0.15, -0.1) is 0 Å². The first kappa shape index (κ1) is 36.0. The van der Waals surface area contributed by atoms with Crippen molar-refractivity contribution in [3.63, 3.8) is 0 Å². The van der Waals surface area contributed by atoms with E-state index in [-0.39, 0.29) is 5.41 Å². The SMILES string of the molecule is CC1(C)c2ccccc2-c2ccc(-c3cc(-c4cc(-c5ccc6ccc(-c7ccccc7)cc6c5)cc(-c5ccc6oc7ccccc7c6c5)c4)nc(-c4ccccc4)n3)cc21. The third kappa shape index (κ3) is 6.04. The number of para-hydroxylation sites is 1. The lowest BCUT2D eigenvalue weighted by molar-refractivity contribution is 0.660. The second-order valence-electron chi connectivity index (χ2n) is 17.0. The van der Waals surface area contributed by atoms with Gasteiger partial charge in [-0.05, 0) is 127 Å². The zero-order chi connectivity index (χ0) is 41.4. The van der Waals surface area contributed by atoms with Crippen LogP contribution in [0.1, 0.15) is 25.0 Å². The summed E-state index contributed by atoms with van der Waals surface area (Å²) in [5.74, 6) is 0.693. The highest BCUT2D eigenvalue weighted by atomic mass is 16.3. The molecule has 11 aromatic rings. The molecule has 1 aliphatic carbocycles. The summed E-state index contributed by atoms with van der Waals surface area (Å²) in [4.78, 5) is 10.6. The molecule has 0 radical (unpaired) electrons. The van der Waals surface area contributed by atoms with Crippen molar-refractivity contribution in [1.82, 2.24) is 9.97 Å². The Labute approximate surface area is 360 Å². The maximum Gasteiger partial charge on any atom is 0.160 e. The summed E-state index contributed by atoms with van der Waals surface area (Å²) in [6.45, 7) is 4.66. The molecule has 2 aromatic heterocycles. The van der Waals surface area contributed by atoms with E-state index in [0.29, 0.717) is 5.82 Å². The van der Waals surface area contributed by atoms with Gasteiger partial charge in [-0.2, -0.15) is 0 Å². The Morgan fingerprint density at radius 1 is 0.339 bits per heavy atom. The molecule has 3 nitrogen and oxygen atoms in total. The summed E-state index contributed by atoms with van der Waals surface area (Å²) < 4.78 is 6.26. The minimum Gasteiger partial charge on any atom is -0.456 e. The molecule has 0 saturated carbocycles. The average Bonchev–Trinajstić information content (AvgIpc) is 3.82. The summed E-state index contributed by atoms with van der Waals surface area (Å²) in [7, 11) is 0. The molecule has 0 fully saturated rings. The second kappa shape index (κ2) is 14.1. The van der Waals surface area contributed by atoms with Gasteiger partial charge >= 0.3 is 0 Å². The van der Waals surface area contributed by atoms with E-state index < -0.39 is 0 Å². The smallest absolute Gasteiger partial charge is 0.160 e. The molecule has 1 aliphatic rings. The first-order valence-corrected chi connectivity index (χ1v) is 21.3. The normalized spacial score (nSPS) is 12.8. The Bertz CT molecular complexity index is 3540. The highest BCUT2D eigenvalue weighted by Crippen LogP contribution is 2.49. The highest BCUT2D eigenvalue weighted by molar-refractivity contribution is 6.06. The van der Waals surface area contributed by atoms with Crippen molar-refractivity contribution in [3.8, 4) is 78.4 Å². The fourth-order valence-electron chi connectivity index (χ4n) is 9.57. The van der Waals surface area contributed by atoms with Crippen LogP contribution in [0.3, 0.4) is 0 Å². The molecule has 3 heteroatoms. The van der Waals surface area contributed by atoms with E-state index in [2.05, 4.69) is 202 Å². The Morgan fingerprint density at radius 2 is 0.903 bits per heavy atom. The van der Waals surface area contributed by atoms with Crippen LogP contribution in [0.25, 0.3) is 111 Å². The zero-order valence-corrected chi connectivity index (χ0v) is 34.4. The van der Waals surface area contributed by atoms with Crippen molar-refractivity contribution < 1.29 is 4.42 Å². The van der Waals surface area contributed by atoms with Crippen LogP contribution in [0.2, 0.25) is 0 Å². The highest BCUT2D eigenvalue weighted by Gasteiger charge is 2.35. The van der Waals surface area contributed by atoms with Gasteiger partial charge in [-0.25, -0.2) is 9.97 Å². The molecule has 292 valence electrons. The predicted molar refractivity (Wildman–Crippen MR) is 257 cm³/mol. The van der Waals surface area contributed by atoms with Crippen molar-refractivity contribution in [1.29, 1.82) is 0 Å². The van der Waals surface area contributed by atoms with Gasteiger partial charge in [-0.1, -0.05) is 159 Å². The molecule has 0 N–H and O–H groups in total. The standard InChI is InChI=1S/C59H40N2O/c1-59(2)52-19-11-9-17-48(52)49-27-25-43(35-53(49)59)54-36-55(61-58(60-54)39-15-7-4-8-16-39)47-32-45(41-24-22-38-21-23-40(29-44(38)30-41)37-13-5-3-6-14-37)31-46(33-47)42-26-28-57-51(34-42)50-18-10-12-20-56(50)62-57/h3-36H,1-2H3. The van der Waals surface area contributed by atoms with Crippen LogP contribution in [-0.2, 0) is 5.41 Å². The summed E-state index contributed by atoms with van der Waals surface area (Å²) in [5, 5.41) is 4.61. The Kier molecular flexibility index (Phi) is 8.20. The van der Waals surface area contributed by atoms with Crippen molar-refractivity contribution in [3.05, 3.63) is 217 Å². The Balaban J connectivity index is 1.06. The maximum absolute atomic E-state index is 6.26. The Morgan fingerprint density at radius 3 is 1.68 bits per heavy atom. The summed E-state index contributed by atoms with van der Waals surface area (Å²) in [5.41, 5.74) is 18.6. The average molecular weight is 793 g/mol. The number of furan rings is 1. The Hall–Kier alpha value is -7.88. The molecule has 2 heterocycles. The number of rotatable bonds is 6. The first-order chi connectivity index (χ1) is 30.4. The van der Waals surface area contributed by atoms with Crippen LogP contribution in [0, 0.1) is 0 Å². The van der Waals surface area contributed by atoms with Crippen molar-refractivity contribution in [2.24, 2.45) is 0 Å². The topological polar surface area (TPSA) is 38.9 Å². The predicted octanol–water partition coefficient (Wildman–Crippen LogP) is 15.8. The van der Waals surface area contributed by atoms with E-state index in [0.717, 1.165) is 72.3 Å². The van der Waals surface area contributed by atoms with Crippen LogP contribution >= 0.6 is 0 Å². The summed E-state index contributed by atoms with van der Waals surface area (Å²) >= 11 is 0. The summed E-state index contributed by atoms with van der Waals surface area (Å²) in [6, 6.07) is 74.0. The van der Waals surface area contributed by atoms with Gasteiger partial charge in [0.05, 0.1) is 11.4 Å². The van der Waals surface area contributed by atoms with Crippen LogP contribution in [-0.4, -0.2) is 9.97 Å². The molecule has 0 bridgehead atoms. The number of hydrogen-bond acceptors (Lipinski definition) is 3. The van der Waals surface area contributed by atoms with Crippen molar-refractivity contribution in [2.45, 2.75) is 19.3 Å². The molecule has 0 amide bonds. The lowest BCUT2D eigenvalue weighted by Gasteiger charge is -2.22. The van der Waals surface area contributed by atoms with Crippen LogP contribution < -0.4 is 0 Å². The number of hydrogen-bond donors (Lipinski definition) is 0. The second-order valence-corrected chi connectivity index (χ2v) is 17.0. The molecular formula is C59H40N2O. The lowest BCUT2D eigenvalue weighted by Crippen LogP contribution is -2.14. The van der Waals surface area contributed by atoms with Gasteiger partial charge in [0.2, 0.25) is 0 Å². The maximum atomic E-state index is 6.26. The fourth-order valence-corrected chi connectivity index (χ4v) is 9.57. The fraction of sp³-hybridized carbons (Fsp3) is 0.0508. The molecule has 0 atom stereocenters. The molecule has 0 aliphatic heterocycles. The molecule has 0 unspecified atom stereocenters. The number of benzene rings is 9. The van der Waals surface area contributed by atoms with Crippen LogP contribution in [0.5, 0.6) is 0 Å². The molecule has 9 aromatic carbocycles. The number of fused-ring (bicyclic) bond motifs is 7. The van der Waals surface area contributed by atoms with Gasteiger partial charge in [0.25, 0.3) is 0 Å². The van der Waals surface area contributed by atoms with Crippen LogP contribution in [0.15, 0.2) is 211 Å². The van der Waals surface area contributed by atoms with E-state index in [9.17, 15) is 0 Å². The van der Waals surface area contributed by atoms with E-state index in [1.807, 2.05) is 18.2 Å². The van der Waals surface area contributed by atoms with Gasteiger partial charge in [0, 0.05) is 32.9 Å². The van der Waals surface area contributed by atoms with Gasteiger partial charge in [0.1, 0.15) is 11.2 Å². The monoisotopic (exact) mass is 792 g/mol. The molecule has 62 heavy (non-hydrogen) atoms. The van der Waals surface area contributed by atoms with Gasteiger partial charge < -0.3 is 4.42 Å². The molecular weight excluding hydrogens is 753 g/mol. The van der Waals surface area contributed by atoms with Crippen molar-refractivity contribution >= 4 is 32.7 Å². The van der Waals surface area contributed by atoms with Gasteiger partial charge in [0.15, 0.2) is 5.82 Å². The third-order valence-electron chi connectivity index (χ3n) is 12.9. The van der Waals surface area contributed by atoms with Crippen LogP contribution in [0.4, 0.5) is 0 Å². The molecule has 0 saturated heterocycles. The van der Waals surface area contributed by atoms with E-state index in [4.69, 9.17) is 14.4 Å². The summed E-state index contributed by atoms with van der Waals surface area (Å²) in [6.07, 6.45) is 0. The van der Waals surface area contributed by atoms with Gasteiger partial charge in [-0.3, -0.25) is 0 Å². The largest absolute Gasteiger partial charge is 0.456 e. The third-order valence-corrected chi connectivity index (χ3v) is 12.9. The molecule has 0 spiro atoms. The molecule has 12 rings (SSSR count). The zero-order valence-electron chi connectivity index (χ0n) is 34.4.